The summed E-state index contributed by atoms with van der Waals surface area (Å²) in [5.74, 6) is 0. The molecular weight excluding hydrogens is 442 g/mol. The molecule has 0 aliphatic rings. The number of benzene rings is 2. The fourth-order valence-corrected chi connectivity index (χ4v) is 5.07. The van der Waals surface area contributed by atoms with Gasteiger partial charge in [0.05, 0.1) is 16.3 Å². The van der Waals surface area contributed by atoms with Gasteiger partial charge < -0.3 is 0 Å². The summed E-state index contributed by atoms with van der Waals surface area (Å²) in [6, 6.07) is 12.5. The second kappa shape index (κ2) is 7.64. The van der Waals surface area contributed by atoms with Crippen LogP contribution in [0.5, 0.6) is 0 Å². The van der Waals surface area contributed by atoms with Gasteiger partial charge in [-0.3, -0.25) is 15.6 Å². The summed E-state index contributed by atoms with van der Waals surface area (Å²) in [6.07, 6.45) is -4.67. The molecule has 160 valence electrons. The van der Waals surface area contributed by atoms with Gasteiger partial charge in [0.25, 0.3) is 7.59 Å². The van der Waals surface area contributed by atoms with Gasteiger partial charge in [-0.1, -0.05) is 29.8 Å². The molecule has 3 rings (SSSR count). The highest BCUT2D eigenvalue weighted by molar-refractivity contribution is 7.95. The van der Waals surface area contributed by atoms with Crippen LogP contribution in [0, 0.1) is 6.92 Å². The Morgan fingerprint density at radius 2 is 1.60 bits per heavy atom. The number of hydrogen-bond acceptors (Lipinski definition) is 4. The van der Waals surface area contributed by atoms with Gasteiger partial charge >= 0.3 is 6.18 Å². The molecule has 0 amide bonds. The first-order valence-electron chi connectivity index (χ1n) is 8.32. The molecule has 13 heteroatoms. The number of aromatic nitrogens is 2. The zero-order valence-corrected chi connectivity index (χ0v) is 17.2. The van der Waals surface area contributed by atoms with Crippen molar-refractivity contribution in [2.45, 2.75) is 18.0 Å². The predicted octanol–water partition coefficient (Wildman–Crippen LogP) is 3.17. The molecule has 0 aliphatic heterocycles. The predicted molar refractivity (Wildman–Crippen MR) is 105 cm³/mol. The van der Waals surface area contributed by atoms with Crippen LogP contribution in [-0.2, 0) is 20.8 Å². The number of rotatable bonds is 5. The minimum Gasteiger partial charge on any atom is -0.270 e. The highest BCUT2D eigenvalue weighted by Crippen LogP contribution is 2.33. The van der Waals surface area contributed by atoms with Crippen molar-refractivity contribution in [1.29, 1.82) is 0 Å². The van der Waals surface area contributed by atoms with Gasteiger partial charge in [0.1, 0.15) is 0 Å². The molecule has 0 saturated heterocycles. The smallest absolute Gasteiger partial charge is 0.270 e. The minimum atomic E-state index is -4.67. The van der Waals surface area contributed by atoms with Gasteiger partial charge in [0.15, 0.2) is 5.69 Å². The van der Waals surface area contributed by atoms with Crippen molar-refractivity contribution < 1.29 is 26.2 Å². The van der Waals surface area contributed by atoms with Crippen LogP contribution in [-0.4, -0.2) is 18.2 Å². The first kappa shape index (κ1) is 22.2. The number of sulfonamides is 1. The third-order valence-electron chi connectivity index (χ3n) is 4.00. The standard InChI is InChI=1S/C17H17F3N5O3PS/c1-11-2-4-12(5-3-11)15-10-16(17(18,19)20)23-25(15)13-6-8-14(9-7-13)30(27,28)24-29(21,22)26/h2-10H,1H3,(H5,21,22,24,26). The van der Waals surface area contributed by atoms with Crippen LogP contribution in [0.4, 0.5) is 13.2 Å². The number of aryl methyl sites for hydroxylation is 1. The van der Waals surface area contributed by atoms with Crippen LogP contribution >= 0.6 is 7.59 Å². The van der Waals surface area contributed by atoms with Crippen molar-refractivity contribution in [2.75, 3.05) is 0 Å². The molecule has 5 N–H and O–H groups in total. The number of alkyl halides is 3. The summed E-state index contributed by atoms with van der Waals surface area (Å²) < 4.78 is 78.1. The topological polar surface area (TPSA) is 133 Å². The molecule has 0 unspecified atom stereocenters. The van der Waals surface area contributed by atoms with Crippen LogP contribution in [0.25, 0.3) is 16.9 Å². The molecule has 0 radical (unpaired) electrons. The molecule has 30 heavy (non-hydrogen) atoms. The molecule has 2 aromatic carbocycles. The van der Waals surface area contributed by atoms with Gasteiger partial charge in [0, 0.05) is 5.56 Å². The zero-order valence-electron chi connectivity index (χ0n) is 15.5. The summed E-state index contributed by atoms with van der Waals surface area (Å²) in [7, 11) is -8.35. The number of nitrogens with one attached hydrogen (secondary N) is 1. The lowest BCUT2D eigenvalue weighted by molar-refractivity contribution is -0.141. The van der Waals surface area contributed by atoms with Crippen molar-refractivity contribution >= 4 is 17.6 Å². The minimum absolute atomic E-state index is 0.171. The summed E-state index contributed by atoms with van der Waals surface area (Å²) in [5.41, 5.74) is 10.8. The average molecular weight is 459 g/mol. The molecule has 0 saturated carbocycles. The van der Waals surface area contributed by atoms with E-state index in [1.54, 1.807) is 28.8 Å². The Labute approximate surface area is 170 Å². The van der Waals surface area contributed by atoms with E-state index in [1.165, 1.54) is 12.1 Å². The first-order valence-corrected chi connectivity index (χ1v) is 11.7. The fraction of sp³-hybridized carbons (Fsp3) is 0.118. The van der Waals surface area contributed by atoms with E-state index in [-0.39, 0.29) is 16.3 Å². The van der Waals surface area contributed by atoms with E-state index in [4.69, 9.17) is 11.0 Å². The van der Waals surface area contributed by atoms with E-state index < -0.39 is 29.5 Å². The van der Waals surface area contributed by atoms with Crippen molar-refractivity contribution in [3.63, 3.8) is 0 Å². The van der Waals surface area contributed by atoms with E-state index in [2.05, 4.69) is 5.10 Å². The molecule has 1 heterocycles. The summed E-state index contributed by atoms with van der Waals surface area (Å²) in [4.78, 5) is -0.317. The molecule has 0 fully saturated rings. The third-order valence-corrected chi connectivity index (χ3v) is 7.00. The Hall–Kier alpha value is -2.50. The molecule has 1 aromatic heterocycles. The fourth-order valence-electron chi connectivity index (χ4n) is 2.65. The van der Waals surface area contributed by atoms with E-state index in [9.17, 15) is 26.2 Å². The number of nitrogens with zero attached hydrogens (tertiary/aromatic N) is 2. The SMILES string of the molecule is Cc1ccc(-c2cc(C(F)(F)F)nn2-c2ccc(S(=O)(=O)NP(N)(N)=O)cc2)cc1. The Morgan fingerprint density at radius 1 is 1.03 bits per heavy atom. The van der Waals surface area contributed by atoms with Crippen molar-refractivity contribution in [3.8, 4) is 16.9 Å². The van der Waals surface area contributed by atoms with Gasteiger partial charge in [-0.25, -0.2) is 13.1 Å². The Balaban J connectivity index is 2.08. The summed E-state index contributed by atoms with van der Waals surface area (Å²) >= 11 is 0. The lowest BCUT2D eigenvalue weighted by atomic mass is 10.1. The monoisotopic (exact) mass is 459 g/mol. The number of hydrogen-bond donors (Lipinski definition) is 3. The molecule has 0 spiro atoms. The highest BCUT2D eigenvalue weighted by atomic mass is 32.2. The maximum Gasteiger partial charge on any atom is 0.435 e. The highest BCUT2D eigenvalue weighted by Gasteiger charge is 2.35. The van der Waals surface area contributed by atoms with E-state index >= 15 is 0 Å². The largest absolute Gasteiger partial charge is 0.435 e. The second-order valence-electron chi connectivity index (χ2n) is 6.49. The van der Waals surface area contributed by atoms with Crippen LogP contribution in [0.2, 0.25) is 0 Å². The van der Waals surface area contributed by atoms with E-state index in [0.29, 0.717) is 5.56 Å². The normalized spacial score (nSPS) is 12.9. The summed E-state index contributed by atoms with van der Waals surface area (Å²) in [5, 5.41) is 3.64. The quantitative estimate of drug-likeness (QED) is 0.502. The van der Waals surface area contributed by atoms with Crippen LogP contribution in [0.15, 0.2) is 59.5 Å². The first-order chi connectivity index (χ1) is 13.8. The number of nitrogens with two attached hydrogens (primary N) is 2. The molecule has 3 aromatic rings. The van der Waals surface area contributed by atoms with Crippen molar-refractivity contribution in [3.05, 3.63) is 65.9 Å². The van der Waals surface area contributed by atoms with Crippen molar-refractivity contribution in [2.24, 2.45) is 11.0 Å². The Morgan fingerprint density at radius 3 is 2.10 bits per heavy atom. The molecule has 0 atom stereocenters. The molecule has 8 nitrogen and oxygen atoms in total. The Kier molecular flexibility index (Phi) is 5.65. The third kappa shape index (κ3) is 4.97. The van der Waals surface area contributed by atoms with E-state index in [1.807, 2.05) is 6.92 Å². The molecule has 0 bridgehead atoms. The molecule has 0 aliphatic carbocycles. The van der Waals surface area contributed by atoms with Crippen molar-refractivity contribution in [1.82, 2.24) is 14.3 Å². The van der Waals surface area contributed by atoms with Crippen LogP contribution in [0.1, 0.15) is 11.3 Å². The lowest BCUT2D eigenvalue weighted by Gasteiger charge is -2.11. The lowest BCUT2D eigenvalue weighted by Crippen LogP contribution is -2.28. The zero-order chi connectivity index (χ0) is 22.3. The van der Waals surface area contributed by atoms with Gasteiger partial charge in [-0.2, -0.15) is 18.3 Å². The van der Waals surface area contributed by atoms with Gasteiger partial charge in [-0.15, -0.1) is 4.49 Å². The van der Waals surface area contributed by atoms with Gasteiger partial charge in [-0.05, 0) is 37.3 Å². The average Bonchev–Trinajstić information content (AvgIpc) is 3.06. The second-order valence-corrected chi connectivity index (χ2v) is 10.1. The van der Waals surface area contributed by atoms with Crippen LogP contribution < -0.4 is 15.5 Å². The van der Waals surface area contributed by atoms with Crippen LogP contribution in [0.3, 0.4) is 0 Å². The van der Waals surface area contributed by atoms with Gasteiger partial charge in [0.2, 0.25) is 10.0 Å². The maximum atomic E-state index is 13.2. The maximum absolute atomic E-state index is 13.2. The molecular formula is C17H17F3N5O3PS. The number of halogens is 3. The van der Waals surface area contributed by atoms with E-state index in [0.717, 1.165) is 28.4 Å². The Bertz CT molecular complexity index is 1220. The summed E-state index contributed by atoms with van der Waals surface area (Å²) in [6.45, 7) is 1.84.